The standard InChI is InChI=1S/C9H8N4O7/c14-6-1-4(7-3-19-9(6)20-7)11-2-5(12(15)16)8(10-11)13(17)18/h2,4,7,9H,1,3H2/t4-,7-,9+/m1/s1. The van der Waals surface area contributed by atoms with E-state index in [-0.39, 0.29) is 18.8 Å². The molecule has 3 heterocycles. The summed E-state index contributed by atoms with van der Waals surface area (Å²) in [4.78, 5) is 31.3. The lowest BCUT2D eigenvalue weighted by Gasteiger charge is -2.24. The lowest BCUT2D eigenvalue weighted by molar-refractivity contribution is -0.424. The Labute approximate surface area is 110 Å². The van der Waals surface area contributed by atoms with Crippen LogP contribution in [0.1, 0.15) is 12.5 Å². The first-order chi connectivity index (χ1) is 9.47. The highest BCUT2D eigenvalue weighted by Gasteiger charge is 2.47. The molecule has 0 N–H and O–H groups in total. The van der Waals surface area contributed by atoms with Gasteiger partial charge in [0.15, 0.2) is 5.78 Å². The highest BCUT2D eigenvalue weighted by Crippen LogP contribution is 2.35. The summed E-state index contributed by atoms with van der Waals surface area (Å²) in [7, 11) is 0. The summed E-state index contributed by atoms with van der Waals surface area (Å²) in [6.07, 6.45) is -0.461. The summed E-state index contributed by atoms with van der Waals surface area (Å²) in [5.41, 5.74) is -0.719. The number of nitrogens with zero attached hydrogens (tertiary/aromatic N) is 4. The van der Waals surface area contributed by atoms with Crippen molar-refractivity contribution in [1.82, 2.24) is 9.78 Å². The Morgan fingerprint density at radius 1 is 1.35 bits per heavy atom. The molecule has 2 fully saturated rings. The van der Waals surface area contributed by atoms with Crippen LogP contribution in [0, 0.1) is 20.2 Å². The molecule has 0 saturated carbocycles. The first kappa shape index (κ1) is 12.6. The van der Waals surface area contributed by atoms with Gasteiger partial charge in [-0.1, -0.05) is 0 Å². The van der Waals surface area contributed by atoms with Gasteiger partial charge in [0.1, 0.15) is 18.3 Å². The fourth-order valence-corrected chi connectivity index (χ4v) is 2.29. The highest BCUT2D eigenvalue weighted by atomic mass is 16.7. The second kappa shape index (κ2) is 4.31. The van der Waals surface area contributed by atoms with E-state index in [9.17, 15) is 25.0 Å². The first-order valence-corrected chi connectivity index (χ1v) is 5.65. The molecule has 1 aromatic heterocycles. The molecule has 0 radical (unpaired) electrons. The van der Waals surface area contributed by atoms with Crippen molar-refractivity contribution >= 4 is 17.3 Å². The van der Waals surface area contributed by atoms with Crippen LogP contribution < -0.4 is 0 Å². The van der Waals surface area contributed by atoms with Gasteiger partial charge in [-0.3, -0.25) is 14.9 Å². The van der Waals surface area contributed by atoms with E-state index in [0.717, 1.165) is 10.9 Å². The predicted octanol–water partition coefficient (Wildman–Crippen LogP) is -0.0451. The topological polar surface area (TPSA) is 140 Å². The maximum absolute atomic E-state index is 11.6. The van der Waals surface area contributed by atoms with Gasteiger partial charge in [-0.15, -0.1) is 0 Å². The van der Waals surface area contributed by atoms with E-state index in [0.29, 0.717) is 0 Å². The Kier molecular flexibility index (Phi) is 2.72. The van der Waals surface area contributed by atoms with Crippen molar-refractivity contribution in [1.29, 1.82) is 0 Å². The van der Waals surface area contributed by atoms with Gasteiger partial charge >= 0.3 is 11.5 Å². The average Bonchev–Trinajstić information content (AvgIpc) is 3.00. The molecule has 0 aromatic carbocycles. The van der Waals surface area contributed by atoms with Crippen LogP contribution >= 0.6 is 0 Å². The molecule has 2 saturated heterocycles. The Morgan fingerprint density at radius 3 is 2.70 bits per heavy atom. The van der Waals surface area contributed by atoms with Crippen molar-refractivity contribution in [3.63, 3.8) is 0 Å². The molecule has 20 heavy (non-hydrogen) atoms. The van der Waals surface area contributed by atoms with Gasteiger partial charge < -0.3 is 19.6 Å². The van der Waals surface area contributed by atoms with Crippen molar-refractivity contribution in [3.8, 4) is 0 Å². The summed E-state index contributed by atoms with van der Waals surface area (Å²) in [6.45, 7) is 0.141. The summed E-state index contributed by atoms with van der Waals surface area (Å²) in [5, 5.41) is 25.1. The van der Waals surface area contributed by atoms with Crippen LogP contribution in [0.25, 0.3) is 0 Å². The van der Waals surface area contributed by atoms with Gasteiger partial charge in [-0.25, -0.2) is 0 Å². The lowest BCUT2D eigenvalue weighted by atomic mass is 10.0. The summed E-state index contributed by atoms with van der Waals surface area (Å²) in [5.74, 6) is -1.17. The maximum atomic E-state index is 11.6. The number of ketones is 1. The molecule has 2 aliphatic heterocycles. The van der Waals surface area contributed by atoms with Crippen LogP contribution in [0.5, 0.6) is 0 Å². The zero-order valence-electron chi connectivity index (χ0n) is 9.87. The minimum atomic E-state index is -0.936. The SMILES string of the molecule is O=C1C[C@@H](n2cc([N+](=O)[O-])c([N+](=O)[O-])n2)[C@H]2CO[C@H]1O2. The number of fused-ring (bicyclic) bond motifs is 2. The molecule has 106 valence electrons. The van der Waals surface area contributed by atoms with E-state index in [1.165, 1.54) is 0 Å². The number of hydrogen-bond acceptors (Lipinski definition) is 8. The van der Waals surface area contributed by atoms with Crippen molar-refractivity contribution in [2.75, 3.05) is 6.61 Å². The van der Waals surface area contributed by atoms with Gasteiger partial charge in [0.25, 0.3) is 0 Å². The van der Waals surface area contributed by atoms with E-state index in [4.69, 9.17) is 9.47 Å². The third-order valence-electron chi connectivity index (χ3n) is 3.22. The first-order valence-electron chi connectivity index (χ1n) is 5.65. The molecule has 3 atom stereocenters. The molecule has 3 rings (SSSR count). The van der Waals surface area contributed by atoms with Gasteiger partial charge in [-0.2, -0.15) is 4.68 Å². The molecule has 0 spiro atoms. The van der Waals surface area contributed by atoms with Crippen LogP contribution in [0.15, 0.2) is 6.20 Å². The average molecular weight is 284 g/mol. The molecule has 2 bridgehead atoms. The zero-order valence-corrected chi connectivity index (χ0v) is 9.87. The normalized spacial score (nSPS) is 28.6. The van der Waals surface area contributed by atoms with Crippen LogP contribution in [0.4, 0.5) is 11.5 Å². The molecule has 1 aromatic rings. The molecule has 2 aliphatic rings. The second-order valence-corrected chi connectivity index (χ2v) is 4.41. The van der Waals surface area contributed by atoms with Crippen molar-refractivity contribution in [2.45, 2.75) is 24.9 Å². The van der Waals surface area contributed by atoms with E-state index in [1.807, 2.05) is 0 Å². The minimum Gasteiger partial charge on any atom is -0.358 e. The fourth-order valence-electron chi connectivity index (χ4n) is 2.29. The molecule has 0 aliphatic carbocycles. The van der Waals surface area contributed by atoms with Gasteiger partial charge in [0.2, 0.25) is 6.29 Å². The Bertz CT molecular complexity index is 580. The number of aromatic nitrogens is 2. The van der Waals surface area contributed by atoms with E-state index >= 15 is 0 Å². The summed E-state index contributed by atoms with van der Waals surface area (Å²) in [6, 6.07) is -0.645. The van der Waals surface area contributed by atoms with Crippen molar-refractivity contribution in [2.24, 2.45) is 0 Å². The molecular formula is C9H8N4O7. The van der Waals surface area contributed by atoms with E-state index < -0.39 is 39.8 Å². The van der Waals surface area contributed by atoms with Gasteiger partial charge in [0.05, 0.1) is 16.6 Å². The predicted molar refractivity (Wildman–Crippen MR) is 58.8 cm³/mol. The number of carbonyl (C=O) groups is 1. The van der Waals surface area contributed by atoms with Gasteiger partial charge in [0, 0.05) is 6.42 Å². The number of carbonyl (C=O) groups excluding carboxylic acids is 1. The van der Waals surface area contributed by atoms with Crippen LogP contribution in [-0.4, -0.2) is 44.4 Å². The Morgan fingerprint density at radius 2 is 2.10 bits per heavy atom. The number of nitro groups is 2. The molecule has 0 amide bonds. The summed E-state index contributed by atoms with van der Waals surface area (Å²) >= 11 is 0. The fraction of sp³-hybridized carbons (Fsp3) is 0.556. The smallest absolute Gasteiger partial charge is 0.358 e. The monoisotopic (exact) mass is 284 g/mol. The Balaban J connectivity index is 1.98. The minimum absolute atomic E-state index is 0.00528. The van der Waals surface area contributed by atoms with E-state index in [1.54, 1.807) is 0 Å². The van der Waals surface area contributed by atoms with Crippen LogP contribution in [-0.2, 0) is 14.3 Å². The number of rotatable bonds is 3. The third kappa shape index (κ3) is 1.83. The second-order valence-electron chi connectivity index (χ2n) is 4.41. The number of ether oxygens (including phenoxy) is 2. The molecule has 11 heteroatoms. The Hall–Kier alpha value is -2.40. The third-order valence-corrected chi connectivity index (χ3v) is 3.22. The van der Waals surface area contributed by atoms with E-state index in [2.05, 4.69) is 5.10 Å². The van der Waals surface area contributed by atoms with Crippen LogP contribution in [0.3, 0.4) is 0 Å². The quantitative estimate of drug-likeness (QED) is 0.556. The molecular weight excluding hydrogens is 276 g/mol. The van der Waals surface area contributed by atoms with Crippen LogP contribution in [0.2, 0.25) is 0 Å². The zero-order chi connectivity index (χ0) is 14.4. The molecule has 0 unspecified atom stereocenters. The van der Waals surface area contributed by atoms with Crippen molar-refractivity contribution < 1.29 is 24.1 Å². The number of hydrogen-bond donors (Lipinski definition) is 0. The summed E-state index contributed by atoms with van der Waals surface area (Å²) < 4.78 is 11.4. The van der Waals surface area contributed by atoms with Gasteiger partial charge in [-0.05, 0) is 4.92 Å². The largest absolute Gasteiger partial charge is 0.467 e. The lowest BCUT2D eigenvalue weighted by Crippen LogP contribution is -2.37. The maximum Gasteiger partial charge on any atom is 0.467 e. The van der Waals surface area contributed by atoms with Crippen molar-refractivity contribution in [3.05, 3.63) is 26.4 Å². The highest BCUT2D eigenvalue weighted by molar-refractivity contribution is 5.83. The number of Topliss-reactive ketones (excluding diaryl/α,β-unsaturated/α-hetero) is 1. The molecule has 11 nitrogen and oxygen atoms in total.